The molecule has 0 spiro atoms. The van der Waals surface area contributed by atoms with Gasteiger partial charge in [-0.15, -0.1) is 11.3 Å². The molecule has 0 atom stereocenters. The zero-order valence-electron chi connectivity index (χ0n) is 13.0. The molecule has 0 radical (unpaired) electrons. The van der Waals surface area contributed by atoms with Crippen LogP contribution in [0.15, 0.2) is 60.0 Å². The van der Waals surface area contributed by atoms with Gasteiger partial charge in [-0.1, -0.05) is 30.3 Å². The smallest absolute Gasteiger partial charge is 0.271 e. The van der Waals surface area contributed by atoms with Crippen molar-refractivity contribution in [2.24, 2.45) is 0 Å². The van der Waals surface area contributed by atoms with Gasteiger partial charge < -0.3 is 5.32 Å². The van der Waals surface area contributed by atoms with Gasteiger partial charge in [0, 0.05) is 17.5 Å². The quantitative estimate of drug-likeness (QED) is 0.736. The van der Waals surface area contributed by atoms with E-state index in [-0.39, 0.29) is 29.9 Å². The van der Waals surface area contributed by atoms with E-state index in [2.05, 4.69) is 15.6 Å². The van der Waals surface area contributed by atoms with E-state index in [0.717, 1.165) is 5.56 Å². The van der Waals surface area contributed by atoms with Crippen molar-refractivity contribution in [2.45, 2.75) is 6.54 Å². The topological polar surface area (TPSA) is 71.1 Å². The molecular weight excluding hydrogens is 341 g/mol. The van der Waals surface area contributed by atoms with Crippen molar-refractivity contribution < 1.29 is 14.0 Å². The maximum atomic E-state index is 12.8. The number of benzene rings is 2. The van der Waals surface area contributed by atoms with Gasteiger partial charge in [-0.25, -0.2) is 9.37 Å². The lowest BCUT2D eigenvalue weighted by molar-refractivity contribution is 0.0945. The first-order valence-corrected chi connectivity index (χ1v) is 8.34. The number of thiazole rings is 1. The SMILES string of the molecule is O=C(Nc1nc(C(=O)NCc2ccc(F)cc2)cs1)c1ccccc1. The highest BCUT2D eigenvalue weighted by atomic mass is 32.1. The van der Waals surface area contributed by atoms with E-state index in [1.165, 1.54) is 23.5 Å². The van der Waals surface area contributed by atoms with Crippen LogP contribution in [0.3, 0.4) is 0 Å². The van der Waals surface area contributed by atoms with E-state index in [9.17, 15) is 14.0 Å². The third-order valence-corrected chi connectivity index (χ3v) is 4.12. The normalized spacial score (nSPS) is 10.3. The highest BCUT2D eigenvalue weighted by Gasteiger charge is 2.13. The van der Waals surface area contributed by atoms with Gasteiger partial charge in [-0.05, 0) is 29.8 Å². The summed E-state index contributed by atoms with van der Waals surface area (Å²) in [6.45, 7) is 0.266. The number of hydrogen-bond donors (Lipinski definition) is 2. The molecule has 0 unspecified atom stereocenters. The zero-order valence-corrected chi connectivity index (χ0v) is 13.8. The zero-order chi connectivity index (χ0) is 17.6. The van der Waals surface area contributed by atoms with E-state index in [1.54, 1.807) is 41.8 Å². The van der Waals surface area contributed by atoms with Crippen molar-refractivity contribution in [3.8, 4) is 0 Å². The molecule has 0 saturated carbocycles. The Morgan fingerprint density at radius 2 is 1.72 bits per heavy atom. The number of carbonyl (C=O) groups is 2. The third kappa shape index (κ3) is 4.48. The largest absolute Gasteiger partial charge is 0.347 e. The van der Waals surface area contributed by atoms with Gasteiger partial charge in [0.05, 0.1) is 0 Å². The molecule has 3 aromatic rings. The summed E-state index contributed by atoms with van der Waals surface area (Å²) in [5.74, 6) is -0.970. The third-order valence-electron chi connectivity index (χ3n) is 3.36. The van der Waals surface area contributed by atoms with E-state index >= 15 is 0 Å². The Morgan fingerprint density at radius 3 is 2.44 bits per heavy atom. The standard InChI is InChI=1S/C18H14FN3O2S/c19-14-8-6-12(7-9-14)10-20-17(24)15-11-25-18(21-15)22-16(23)13-4-2-1-3-5-13/h1-9,11H,10H2,(H,20,24)(H,21,22,23). The number of carbonyl (C=O) groups excluding carboxylic acids is 2. The van der Waals surface area contributed by atoms with Crippen molar-refractivity contribution in [2.75, 3.05) is 5.32 Å². The van der Waals surface area contributed by atoms with Crippen LogP contribution in [-0.4, -0.2) is 16.8 Å². The average molecular weight is 355 g/mol. The predicted molar refractivity (Wildman–Crippen MR) is 94.1 cm³/mol. The predicted octanol–water partition coefficient (Wildman–Crippen LogP) is 3.46. The Labute approximate surface area is 147 Å². The number of aromatic nitrogens is 1. The van der Waals surface area contributed by atoms with Crippen LogP contribution in [0.4, 0.5) is 9.52 Å². The van der Waals surface area contributed by atoms with Crippen LogP contribution in [0.5, 0.6) is 0 Å². The fraction of sp³-hybridized carbons (Fsp3) is 0.0556. The van der Waals surface area contributed by atoms with Gasteiger partial charge >= 0.3 is 0 Å². The summed E-state index contributed by atoms with van der Waals surface area (Å²) in [5.41, 5.74) is 1.51. The highest BCUT2D eigenvalue weighted by Crippen LogP contribution is 2.16. The van der Waals surface area contributed by atoms with Crippen molar-refractivity contribution in [3.05, 3.63) is 82.6 Å². The summed E-state index contributed by atoms with van der Waals surface area (Å²) in [7, 11) is 0. The molecule has 0 fully saturated rings. The minimum Gasteiger partial charge on any atom is -0.347 e. The number of amides is 2. The van der Waals surface area contributed by atoms with Crippen molar-refractivity contribution in [1.82, 2.24) is 10.3 Å². The first-order chi connectivity index (χ1) is 12.1. The van der Waals surface area contributed by atoms with Crippen LogP contribution in [0.25, 0.3) is 0 Å². The lowest BCUT2D eigenvalue weighted by Crippen LogP contribution is -2.23. The van der Waals surface area contributed by atoms with Crippen LogP contribution in [0, 0.1) is 5.82 Å². The molecule has 1 aromatic heterocycles. The van der Waals surface area contributed by atoms with Gasteiger partial charge in [-0.2, -0.15) is 0 Å². The van der Waals surface area contributed by atoms with Crippen LogP contribution >= 0.6 is 11.3 Å². The Morgan fingerprint density at radius 1 is 1.00 bits per heavy atom. The van der Waals surface area contributed by atoms with Gasteiger partial charge in [0.2, 0.25) is 0 Å². The molecule has 126 valence electrons. The number of nitrogens with zero attached hydrogens (tertiary/aromatic N) is 1. The number of nitrogens with one attached hydrogen (secondary N) is 2. The van der Waals surface area contributed by atoms with E-state index < -0.39 is 0 Å². The van der Waals surface area contributed by atoms with Crippen molar-refractivity contribution in [3.63, 3.8) is 0 Å². The molecule has 2 amide bonds. The minimum atomic E-state index is -0.360. The molecule has 7 heteroatoms. The monoisotopic (exact) mass is 355 g/mol. The summed E-state index contributed by atoms with van der Waals surface area (Å²) in [4.78, 5) is 28.3. The first kappa shape index (κ1) is 16.8. The number of anilines is 1. The molecule has 2 N–H and O–H groups in total. The average Bonchev–Trinajstić information content (AvgIpc) is 3.10. The van der Waals surface area contributed by atoms with Crippen molar-refractivity contribution >= 4 is 28.3 Å². The number of hydrogen-bond acceptors (Lipinski definition) is 4. The summed E-state index contributed by atoms with van der Waals surface area (Å²) in [5, 5.41) is 7.28. The number of rotatable bonds is 5. The van der Waals surface area contributed by atoms with Crippen molar-refractivity contribution in [1.29, 1.82) is 0 Å². The second-order valence-electron chi connectivity index (χ2n) is 5.17. The van der Waals surface area contributed by atoms with E-state index in [1.807, 2.05) is 6.07 Å². The Hall–Kier alpha value is -3.06. The molecule has 0 aliphatic heterocycles. The summed E-state index contributed by atoms with van der Waals surface area (Å²) >= 11 is 1.17. The Balaban J connectivity index is 1.58. The van der Waals surface area contributed by atoms with Gasteiger partial charge in [-0.3, -0.25) is 14.9 Å². The molecule has 0 saturated heterocycles. The second-order valence-corrected chi connectivity index (χ2v) is 6.03. The molecule has 0 aliphatic rings. The maximum absolute atomic E-state index is 12.8. The van der Waals surface area contributed by atoms with Gasteiger partial charge in [0.25, 0.3) is 11.8 Å². The fourth-order valence-corrected chi connectivity index (χ4v) is 2.76. The minimum absolute atomic E-state index is 0.218. The molecule has 3 rings (SSSR count). The highest BCUT2D eigenvalue weighted by molar-refractivity contribution is 7.14. The van der Waals surface area contributed by atoms with Gasteiger partial charge in [0.1, 0.15) is 11.5 Å². The molecule has 5 nitrogen and oxygen atoms in total. The summed E-state index contributed by atoms with van der Waals surface area (Å²) in [6.07, 6.45) is 0. The lowest BCUT2D eigenvalue weighted by atomic mass is 10.2. The second kappa shape index (κ2) is 7.67. The first-order valence-electron chi connectivity index (χ1n) is 7.46. The molecule has 2 aromatic carbocycles. The fourth-order valence-electron chi connectivity index (χ4n) is 2.07. The van der Waals surface area contributed by atoms with Crippen LogP contribution in [0.1, 0.15) is 26.4 Å². The lowest BCUT2D eigenvalue weighted by Gasteiger charge is -2.03. The summed E-state index contributed by atoms with van der Waals surface area (Å²) < 4.78 is 12.8. The van der Waals surface area contributed by atoms with Crippen LogP contribution in [-0.2, 0) is 6.54 Å². The summed E-state index contributed by atoms with van der Waals surface area (Å²) in [6, 6.07) is 14.6. The number of halogens is 1. The van der Waals surface area contributed by atoms with E-state index in [4.69, 9.17) is 0 Å². The molecule has 0 bridgehead atoms. The molecule has 25 heavy (non-hydrogen) atoms. The van der Waals surface area contributed by atoms with E-state index in [0.29, 0.717) is 10.7 Å². The van der Waals surface area contributed by atoms with Crippen LogP contribution < -0.4 is 10.6 Å². The molecular formula is C18H14FN3O2S. The molecule has 1 heterocycles. The molecule has 0 aliphatic carbocycles. The Kier molecular flexibility index (Phi) is 5.15. The van der Waals surface area contributed by atoms with Crippen LogP contribution in [0.2, 0.25) is 0 Å². The van der Waals surface area contributed by atoms with Gasteiger partial charge in [0.15, 0.2) is 5.13 Å². The maximum Gasteiger partial charge on any atom is 0.271 e. The Bertz CT molecular complexity index is 879.